The van der Waals surface area contributed by atoms with Crippen molar-refractivity contribution in [2.75, 3.05) is 19.5 Å². The van der Waals surface area contributed by atoms with Crippen LogP contribution in [-0.4, -0.2) is 41.3 Å². The van der Waals surface area contributed by atoms with E-state index >= 15 is 0 Å². The molecule has 0 radical (unpaired) electrons. The number of benzene rings is 2. The second kappa shape index (κ2) is 8.59. The largest absolute Gasteiger partial charge is 0.496 e. The van der Waals surface area contributed by atoms with E-state index < -0.39 is 11.8 Å². The number of H-pyrrole nitrogens is 1. The minimum absolute atomic E-state index is 0.0546. The summed E-state index contributed by atoms with van der Waals surface area (Å²) in [5.74, 6) is 0.317. The molecule has 0 aliphatic heterocycles. The van der Waals surface area contributed by atoms with Crippen LogP contribution in [-0.2, 0) is 4.79 Å². The van der Waals surface area contributed by atoms with Gasteiger partial charge in [-0.05, 0) is 31.2 Å². The molecule has 0 unspecified atom stereocenters. The number of nitrogens with zero attached hydrogens (tertiary/aromatic N) is 1. The van der Waals surface area contributed by atoms with Gasteiger partial charge < -0.3 is 14.5 Å². The number of nitrogens with one attached hydrogen (secondary N) is 2. The fraction of sp³-hybridized carbons (Fsp3) is 0.211. The Balaban J connectivity index is 1.60. The maximum absolute atomic E-state index is 12.2. The molecule has 1 heterocycles. The van der Waals surface area contributed by atoms with Gasteiger partial charge in [-0.25, -0.2) is 4.98 Å². The van der Waals surface area contributed by atoms with E-state index in [4.69, 9.17) is 9.47 Å². The summed E-state index contributed by atoms with van der Waals surface area (Å²) in [5, 5.41) is 2.96. The van der Waals surface area contributed by atoms with E-state index in [0.29, 0.717) is 23.1 Å². The van der Waals surface area contributed by atoms with Crippen LogP contribution < -0.4 is 14.8 Å². The quantitative estimate of drug-likeness (QED) is 0.607. The van der Waals surface area contributed by atoms with Crippen LogP contribution >= 0.6 is 11.8 Å². The van der Waals surface area contributed by atoms with Crippen LogP contribution in [0.3, 0.4) is 0 Å². The number of carbonyl (C=O) groups excluding carboxylic acids is 2. The number of imide groups is 1. The highest BCUT2D eigenvalue weighted by atomic mass is 32.2. The van der Waals surface area contributed by atoms with Gasteiger partial charge in [0.05, 0.1) is 36.1 Å². The van der Waals surface area contributed by atoms with Crippen molar-refractivity contribution in [1.29, 1.82) is 0 Å². The van der Waals surface area contributed by atoms with Crippen molar-refractivity contribution in [3.63, 3.8) is 0 Å². The second-order valence-electron chi connectivity index (χ2n) is 5.52. The Kier molecular flexibility index (Phi) is 5.97. The minimum Gasteiger partial charge on any atom is -0.496 e. The average Bonchev–Trinajstić information content (AvgIpc) is 3.09. The van der Waals surface area contributed by atoms with Gasteiger partial charge in [-0.1, -0.05) is 23.9 Å². The Labute approximate surface area is 160 Å². The monoisotopic (exact) mass is 385 g/mol. The molecule has 0 saturated carbocycles. The third kappa shape index (κ3) is 4.59. The van der Waals surface area contributed by atoms with Gasteiger partial charge in [0.2, 0.25) is 5.91 Å². The molecule has 2 N–H and O–H groups in total. The first-order valence-electron chi connectivity index (χ1n) is 8.33. The lowest BCUT2D eigenvalue weighted by molar-refractivity contribution is -0.117. The summed E-state index contributed by atoms with van der Waals surface area (Å²) in [5.41, 5.74) is 1.92. The number of hydrogen-bond acceptors (Lipinski definition) is 6. The maximum atomic E-state index is 12.2. The highest BCUT2D eigenvalue weighted by molar-refractivity contribution is 7.99. The van der Waals surface area contributed by atoms with Crippen molar-refractivity contribution >= 4 is 34.6 Å². The van der Waals surface area contributed by atoms with Crippen molar-refractivity contribution in [3.8, 4) is 11.5 Å². The van der Waals surface area contributed by atoms with E-state index in [0.717, 1.165) is 16.8 Å². The average molecular weight is 385 g/mol. The Hall–Kier alpha value is -3.00. The topological polar surface area (TPSA) is 93.3 Å². The van der Waals surface area contributed by atoms with Crippen LogP contribution in [0.15, 0.2) is 47.6 Å². The first-order valence-corrected chi connectivity index (χ1v) is 9.32. The fourth-order valence-corrected chi connectivity index (χ4v) is 3.17. The SMILES string of the molecule is CCOc1ccc2nc(SCC(=O)NC(=O)c3ccccc3OC)[nH]c2c1. The van der Waals surface area contributed by atoms with Crippen molar-refractivity contribution in [1.82, 2.24) is 15.3 Å². The van der Waals surface area contributed by atoms with Crippen molar-refractivity contribution in [2.45, 2.75) is 12.1 Å². The molecule has 140 valence electrons. The molecule has 0 atom stereocenters. The third-order valence-corrected chi connectivity index (χ3v) is 4.56. The molecular weight excluding hydrogens is 366 g/mol. The molecular formula is C19H19N3O4S. The number of aromatic amines is 1. The molecule has 1 aromatic heterocycles. The van der Waals surface area contributed by atoms with E-state index in [2.05, 4.69) is 15.3 Å². The second-order valence-corrected chi connectivity index (χ2v) is 6.48. The van der Waals surface area contributed by atoms with E-state index in [9.17, 15) is 9.59 Å². The number of para-hydroxylation sites is 1. The summed E-state index contributed by atoms with van der Waals surface area (Å²) in [6.07, 6.45) is 0. The predicted octanol–water partition coefficient (Wildman–Crippen LogP) is 3.02. The lowest BCUT2D eigenvalue weighted by atomic mass is 10.2. The van der Waals surface area contributed by atoms with Gasteiger partial charge >= 0.3 is 0 Å². The number of imidazole rings is 1. The number of fused-ring (bicyclic) bond motifs is 1. The zero-order valence-corrected chi connectivity index (χ0v) is 15.8. The van der Waals surface area contributed by atoms with Crippen molar-refractivity contribution in [2.24, 2.45) is 0 Å². The van der Waals surface area contributed by atoms with Gasteiger partial charge in [0, 0.05) is 6.07 Å². The highest BCUT2D eigenvalue weighted by Gasteiger charge is 2.15. The molecule has 3 rings (SSSR count). The lowest BCUT2D eigenvalue weighted by Gasteiger charge is -2.07. The molecule has 0 fully saturated rings. The molecule has 7 nitrogen and oxygen atoms in total. The summed E-state index contributed by atoms with van der Waals surface area (Å²) in [4.78, 5) is 31.9. The Morgan fingerprint density at radius 1 is 1.22 bits per heavy atom. The van der Waals surface area contributed by atoms with Crippen LogP contribution in [0.4, 0.5) is 0 Å². The lowest BCUT2D eigenvalue weighted by Crippen LogP contribution is -2.32. The smallest absolute Gasteiger partial charge is 0.261 e. The van der Waals surface area contributed by atoms with Crippen LogP contribution in [0.1, 0.15) is 17.3 Å². The highest BCUT2D eigenvalue weighted by Crippen LogP contribution is 2.23. The summed E-state index contributed by atoms with van der Waals surface area (Å²) in [7, 11) is 1.47. The molecule has 8 heteroatoms. The minimum atomic E-state index is -0.496. The van der Waals surface area contributed by atoms with Gasteiger partial charge in [0.1, 0.15) is 11.5 Å². The summed E-state index contributed by atoms with van der Waals surface area (Å²) in [6, 6.07) is 12.3. The number of rotatable bonds is 7. The van der Waals surface area contributed by atoms with Gasteiger partial charge in [0.25, 0.3) is 5.91 Å². The van der Waals surface area contributed by atoms with Gasteiger partial charge in [-0.2, -0.15) is 0 Å². The number of aromatic nitrogens is 2. The van der Waals surface area contributed by atoms with E-state index in [1.165, 1.54) is 18.9 Å². The standard InChI is InChI=1S/C19H19N3O4S/c1-3-26-12-8-9-14-15(10-12)21-19(20-14)27-11-17(23)22-18(24)13-6-4-5-7-16(13)25-2/h4-10H,3,11H2,1-2H3,(H,20,21)(H,22,23,24). The van der Waals surface area contributed by atoms with Crippen molar-refractivity contribution < 1.29 is 19.1 Å². The number of methoxy groups -OCH3 is 1. The number of hydrogen-bond donors (Lipinski definition) is 2. The first-order chi connectivity index (χ1) is 13.1. The number of ether oxygens (including phenoxy) is 2. The van der Waals surface area contributed by atoms with Crippen LogP contribution in [0.5, 0.6) is 11.5 Å². The Bertz CT molecular complexity index is 970. The molecule has 0 saturated heterocycles. The summed E-state index contributed by atoms with van der Waals surface area (Å²) < 4.78 is 10.6. The van der Waals surface area contributed by atoms with Crippen LogP contribution in [0.25, 0.3) is 11.0 Å². The third-order valence-electron chi connectivity index (χ3n) is 3.69. The summed E-state index contributed by atoms with van der Waals surface area (Å²) in [6.45, 7) is 2.50. The predicted molar refractivity (Wildman–Crippen MR) is 103 cm³/mol. The normalized spacial score (nSPS) is 10.6. The molecule has 2 amide bonds. The Morgan fingerprint density at radius 3 is 2.81 bits per heavy atom. The number of amides is 2. The summed E-state index contributed by atoms with van der Waals surface area (Å²) >= 11 is 1.22. The van der Waals surface area contributed by atoms with Gasteiger partial charge in [-0.3, -0.25) is 14.9 Å². The van der Waals surface area contributed by atoms with E-state index in [1.807, 2.05) is 25.1 Å². The molecule has 0 aliphatic carbocycles. The van der Waals surface area contributed by atoms with E-state index in [-0.39, 0.29) is 5.75 Å². The van der Waals surface area contributed by atoms with Crippen LogP contribution in [0, 0.1) is 0 Å². The fourth-order valence-electron chi connectivity index (χ4n) is 2.49. The first kappa shape index (κ1) is 18.8. The molecule has 0 aliphatic rings. The van der Waals surface area contributed by atoms with Crippen LogP contribution in [0.2, 0.25) is 0 Å². The van der Waals surface area contributed by atoms with E-state index in [1.54, 1.807) is 24.3 Å². The maximum Gasteiger partial charge on any atom is 0.261 e. The zero-order valence-electron chi connectivity index (χ0n) is 14.9. The molecule has 0 bridgehead atoms. The van der Waals surface area contributed by atoms with Gasteiger partial charge in [-0.15, -0.1) is 0 Å². The molecule has 0 spiro atoms. The van der Waals surface area contributed by atoms with Crippen molar-refractivity contribution in [3.05, 3.63) is 48.0 Å². The molecule has 3 aromatic rings. The number of carbonyl (C=O) groups is 2. The molecule has 27 heavy (non-hydrogen) atoms. The molecule has 2 aromatic carbocycles. The zero-order chi connectivity index (χ0) is 19.2. The Morgan fingerprint density at radius 2 is 2.04 bits per heavy atom. The van der Waals surface area contributed by atoms with Gasteiger partial charge in [0.15, 0.2) is 5.16 Å². The number of thioether (sulfide) groups is 1.